The summed E-state index contributed by atoms with van der Waals surface area (Å²) in [4.78, 5) is 2.97. The molecule has 10 rings (SSSR count). The second kappa shape index (κ2) is 14.2. The maximum atomic E-state index is 2.97. The molecule has 0 amide bonds. The second-order valence-corrected chi connectivity index (χ2v) is 19.2. The third kappa shape index (κ3) is 6.20. The van der Waals surface area contributed by atoms with Gasteiger partial charge in [0.05, 0.1) is 5.54 Å². The van der Waals surface area contributed by atoms with Crippen LogP contribution in [0.15, 0.2) is 151 Å². The Morgan fingerprint density at radius 2 is 1.46 bits per heavy atom. The van der Waals surface area contributed by atoms with Crippen molar-refractivity contribution in [3.8, 4) is 11.1 Å². The largest absolute Gasteiger partial charge is 0.356 e. The highest BCUT2D eigenvalue weighted by Crippen LogP contribution is 2.66. The fourth-order valence-corrected chi connectivity index (χ4v) is 12.7. The molecule has 6 aliphatic rings. The number of nitrogens with zero attached hydrogens (tertiary/aromatic N) is 1. The Bertz CT molecular complexity index is 2170. The maximum absolute atomic E-state index is 2.97. The normalized spacial score (nSPS) is 34.1. The fraction of sp³-hybridized carbons (Fsp3) is 0.418. The van der Waals surface area contributed by atoms with E-state index in [0.29, 0.717) is 29.6 Å². The number of rotatable bonds is 9. The maximum Gasteiger partial charge on any atom is 0.0562 e. The Hall–Kier alpha value is -4.36. The van der Waals surface area contributed by atoms with Gasteiger partial charge in [-0.2, -0.15) is 0 Å². The lowest BCUT2D eigenvalue weighted by molar-refractivity contribution is 0.195. The highest BCUT2D eigenvalue weighted by atomic mass is 15.3. The lowest BCUT2D eigenvalue weighted by Gasteiger charge is -2.54. The van der Waals surface area contributed by atoms with E-state index < -0.39 is 0 Å². The lowest BCUT2D eigenvalue weighted by Crippen LogP contribution is -2.58. The van der Waals surface area contributed by atoms with Crippen LogP contribution >= 0.6 is 0 Å². The summed E-state index contributed by atoms with van der Waals surface area (Å²) in [6.45, 7) is 7.72. The van der Waals surface area contributed by atoms with Gasteiger partial charge in [0.15, 0.2) is 0 Å². The van der Waals surface area contributed by atoms with Crippen molar-refractivity contribution >= 4 is 11.3 Å². The molecule has 6 aliphatic carbocycles. The van der Waals surface area contributed by atoms with Crippen molar-refractivity contribution in [3.05, 3.63) is 168 Å². The number of anilines is 1. The number of hydrogen-bond donors (Lipinski definition) is 0. The summed E-state index contributed by atoms with van der Waals surface area (Å²) in [7, 11) is 0. The van der Waals surface area contributed by atoms with Gasteiger partial charge in [-0.05, 0) is 164 Å². The Morgan fingerprint density at radius 3 is 2.20 bits per heavy atom. The molecule has 0 saturated heterocycles. The van der Waals surface area contributed by atoms with E-state index in [-0.39, 0.29) is 16.5 Å². The molecule has 4 aromatic rings. The summed E-state index contributed by atoms with van der Waals surface area (Å²) in [5.41, 5.74) is 12.4. The third-order valence-electron chi connectivity index (χ3n) is 16.0. The van der Waals surface area contributed by atoms with Gasteiger partial charge in [-0.3, -0.25) is 0 Å². The van der Waals surface area contributed by atoms with Gasteiger partial charge >= 0.3 is 0 Å². The van der Waals surface area contributed by atoms with Crippen molar-refractivity contribution in [2.24, 2.45) is 29.1 Å². The van der Waals surface area contributed by atoms with Crippen LogP contribution in [0.5, 0.6) is 0 Å². The first-order valence-corrected chi connectivity index (χ1v) is 22.2. The first-order valence-electron chi connectivity index (χ1n) is 22.2. The first kappa shape index (κ1) is 36.0. The first-order chi connectivity index (χ1) is 27.3. The van der Waals surface area contributed by atoms with Gasteiger partial charge in [0.25, 0.3) is 0 Å². The van der Waals surface area contributed by atoms with Crippen molar-refractivity contribution in [1.82, 2.24) is 0 Å². The highest BCUT2D eigenvalue weighted by molar-refractivity contribution is 5.81. The minimum atomic E-state index is -0.0106. The van der Waals surface area contributed by atoms with Gasteiger partial charge < -0.3 is 4.90 Å². The predicted molar refractivity (Wildman–Crippen MR) is 237 cm³/mol. The molecule has 1 nitrogen and oxygen atoms in total. The van der Waals surface area contributed by atoms with Crippen molar-refractivity contribution < 1.29 is 0 Å². The zero-order valence-electron chi connectivity index (χ0n) is 34.0. The van der Waals surface area contributed by atoms with Crippen molar-refractivity contribution in [1.29, 1.82) is 0 Å². The van der Waals surface area contributed by atoms with E-state index in [9.17, 15) is 0 Å². The van der Waals surface area contributed by atoms with E-state index in [2.05, 4.69) is 171 Å². The molecule has 9 atom stereocenters. The fourth-order valence-electron chi connectivity index (χ4n) is 12.7. The summed E-state index contributed by atoms with van der Waals surface area (Å²) in [6.07, 6.45) is 29.4. The monoisotopic (exact) mass is 735 g/mol. The van der Waals surface area contributed by atoms with Crippen LogP contribution in [0.2, 0.25) is 0 Å². The SMILES string of the molecule is CC1CC(c2ccccc2)CC2CC12N(c1ccc(-c2ccccc2)cc1)C1(C)C=CC(C2(C)C=CC(CC[C@H]3C4=C(CCC=C4)c4ccccc43)CC2)CC1. The number of fused-ring (bicyclic) bond motifs is 3. The van der Waals surface area contributed by atoms with Crippen LogP contribution in [0, 0.1) is 29.1 Å². The molecule has 56 heavy (non-hydrogen) atoms. The summed E-state index contributed by atoms with van der Waals surface area (Å²) in [5.74, 6) is 3.90. The van der Waals surface area contributed by atoms with Crippen LogP contribution < -0.4 is 4.90 Å². The quantitative estimate of drug-likeness (QED) is 0.155. The average molecular weight is 736 g/mol. The molecule has 286 valence electrons. The van der Waals surface area contributed by atoms with Crippen molar-refractivity contribution in [3.63, 3.8) is 0 Å². The van der Waals surface area contributed by atoms with Crippen LogP contribution in [-0.4, -0.2) is 11.1 Å². The predicted octanol–water partition coefficient (Wildman–Crippen LogP) is 14.5. The van der Waals surface area contributed by atoms with E-state index in [4.69, 9.17) is 0 Å². The molecular weight excluding hydrogens is 675 g/mol. The van der Waals surface area contributed by atoms with E-state index in [1.165, 1.54) is 98.6 Å². The Balaban J connectivity index is 0.876. The van der Waals surface area contributed by atoms with Crippen LogP contribution in [-0.2, 0) is 0 Å². The molecule has 0 heterocycles. The Labute approximate surface area is 337 Å². The number of allylic oxidation sites excluding steroid dienone is 7. The lowest BCUT2D eigenvalue weighted by atomic mass is 9.63. The van der Waals surface area contributed by atoms with E-state index >= 15 is 0 Å². The number of hydrogen-bond acceptors (Lipinski definition) is 1. The molecule has 0 N–H and O–H groups in total. The van der Waals surface area contributed by atoms with E-state index in [1.807, 2.05) is 0 Å². The van der Waals surface area contributed by atoms with Crippen LogP contribution in [0.4, 0.5) is 5.69 Å². The summed E-state index contributed by atoms with van der Waals surface area (Å²) in [6, 6.07) is 41.2. The third-order valence-corrected chi connectivity index (χ3v) is 16.0. The topological polar surface area (TPSA) is 3.24 Å². The zero-order chi connectivity index (χ0) is 37.9. The molecule has 2 fully saturated rings. The van der Waals surface area contributed by atoms with Crippen LogP contribution in [0.25, 0.3) is 16.7 Å². The molecular formula is C55H61N. The molecule has 0 bridgehead atoms. The molecule has 0 aliphatic heterocycles. The van der Waals surface area contributed by atoms with Gasteiger partial charge in [-0.1, -0.05) is 147 Å². The van der Waals surface area contributed by atoms with Gasteiger partial charge in [-0.25, -0.2) is 0 Å². The van der Waals surface area contributed by atoms with Crippen LogP contribution in [0.1, 0.15) is 120 Å². The molecule has 0 radical (unpaired) electrons. The van der Waals surface area contributed by atoms with Gasteiger partial charge in [-0.15, -0.1) is 0 Å². The smallest absolute Gasteiger partial charge is 0.0562 e. The molecule has 0 aromatic heterocycles. The molecule has 1 heteroatoms. The number of benzene rings is 4. The van der Waals surface area contributed by atoms with Gasteiger partial charge in [0, 0.05) is 17.1 Å². The zero-order valence-corrected chi connectivity index (χ0v) is 34.0. The minimum absolute atomic E-state index is 0.0106. The Kier molecular flexibility index (Phi) is 9.15. The second-order valence-electron chi connectivity index (χ2n) is 19.2. The molecule has 8 unspecified atom stereocenters. The van der Waals surface area contributed by atoms with E-state index in [1.54, 1.807) is 16.7 Å². The summed E-state index contributed by atoms with van der Waals surface area (Å²) < 4.78 is 0. The summed E-state index contributed by atoms with van der Waals surface area (Å²) in [5, 5.41) is 0. The molecule has 2 saturated carbocycles. The van der Waals surface area contributed by atoms with Gasteiger partial charge in [0.2, 0.25) is 0 Å². The van der Waals surface area contributed by atoms with Crippen molar-refractivity contribution in [2.45, 2.75) is 114 Å². The Morgan fingerprint density at radius 1 is 0.714 bits per heavy atom. The van der Waals surface area contributed by atoms with Crippen LogP contribution in [0.3, 0.4) is 0 Å². The molecule has 0 spiro atoms. The highest BCUT2D eigenvalue weighted by Gasteiger charge is 2.66. The van der Waals surface area contributed by atoms with Crippen molar-refractivity contribution in [2.75, 3.05) is 4.90 Å². The molecule has 4 aromatic carbocycles. The summed E-state index contributed by atoms with van der Waals surface area (Å²) >= 11 is 0. The minimum Gasteiger partial charge on any atom is -0.356 e. The van der Waals surface area contributed by atoms with E-state index in [0.717, 1.165) is 5.92 Å². The standard InChI is InChI=1S/C55H61N/c1-39-36-44(42-16-8-5-9-17-42)37-46-38-55(39,46)56(47-25-23-43(24-26-47)41-14-6-4-7-15-41)54(3)34-30-45(31-35-54)53(2)32-28-40(29-33-53)22-27-52-50-20-12-10-18-48(50)49-19-11-13-21-51(49)52/h4-10,12-18,20-21,23-26,28,30,32,34,39-40,44-46,52H,11,19,22,27,29,31,33,35-38H2,1-3H3/t39?,40?,44?,45?,46?,52-,53?,54?,55?/m1/s1. The average Bonchev–Trinajstić information content (AvgIpc) is 3.89. The van der Waals surface area contributed by atoms with Gasteiger partial charge in [0.1, 0.15) is 0 Å².